The summed E-state index contributed by atoms with van der Waals surface area (Å²) < 4.78 is 2.32. The first kappa shape index (κ1) is 13.6. The van der Waals surface area contributed by atoms with Crippen LogP contribution in [0.2, 0.25) is 0 Å². The zero-order valence-corrected chi connectivity index (χ0v) is 12.4. The minimum Gasteiger partial charge on any atom is -0.330 e. The van der Waals surface area contributed by atoms with Crippen molar-refractivity contribution in [3.05, 3.63) is 24.2 Å². The Hall–Kier alpha value is -1.42. The summed E-state index contributed by atoms with van der Waals surface area (Å²) in [6.07, 6.45) is 6.74. The van der Waals surface area contributed by atoms with Gasteiger partial charge in [-0.3, -0.25) is 0 Å². The Morgan fingerprint density at radius 2 is 2.05 bits per heavy atom. The van der Waals surface area contributed by atoms with E-state index in [1.54, 1.807) is 0 Å². The van der Waals surface area contributed by atoms with Crippen molar-refractivity contribution in [2.24, 2.45) is 11.7 Å². The highest BCUT2D eigenvalue weighted by Crippen LogP contribution is 2.37. The van der Waals surface area contributed by atoms with Crippen LogP contribution in [-0.4, -0.2) is 21.1 Å². The van der Waals surface area contributed by atoms with Gasteiger partial charge in [0.25, 0.3) is 0 Å². The number of fused-ring (bicyclic) bond motifs is 1. The summed E-state index contributed by atoms with van der Waals surface area (Å²) in [6.45, 7) is 5.25. The number of nitrogens with two attached hydrogens (primary N) is 1. The Kier molecular flexibility index (Phi) is 3.74. The van der Waals surface area contributed by atoms with Gasteiger partial charge >= 0.3 is 0 Å². The Morgan fingerprint density at radius 1 is 1.30 bits per heavy atom. The van der Waals surface area contributed by atoms with Gasteiger partial charge in [-0.1, -0.05) is 0 Å². The molecule has 0 atom stereocenters. The molecule has 1 aliphatic rings. The molecule has 4 nitrogen and oxygen atoms in total. The van der Waals surface area contributed by atoms with Gasteiger partial charge in [0, 0.05) is 18.2 Å². The standard InChI is InChI=1S/C16H24N4/c1-11(2)20-15(13-7-5-12(10-17)6-8-13)19-14-4-3-9-18-16(14)20/h3-4,9,11-13H,5-8,10,17H2,1-2H3. The third-order valence-electron chi connectivity index (χ3n) is 4.54. The van der Waals surface area contributed by atoms with Gasteiger partial charge in [-0.05, 0) is 64.1 Å². The molecule has 0 radical (unpaired) electrons. The van der Waals surface area contributed by atoms with Crippen molar-refractivity contribution in [1.29, 1.82) is 0 Å². The zero-order valence-electron chi connectivity index (χ0n) is 12.4. The summed E-state index contributed by atoms with van der Waals surface area (Å²) in [6, 6.07) is 4.43. The second-order valence-electron chi connectivity index (χ2n) is 6.23. The van der Waals surface area contributed by atoms with Crippen LogP contribution in [0.1, 0.15) is 57.3 Å². The third kappa shape index (κ3) is 2.33. The number of aromatic nitrogens is 3. The summed E-state index contributed by atoms with van der Waals surface area (Å²) in [5.41, 5.74) is 7.85. The molecule has 2 aromatic rings. The molecule has 0 aromatic carbocycles. The van der Waals surface area contributed by atoms with Crippen molar-refractivity contribution in [3.8, 4) is 0 Å². The second-order valence-corrected chi connectivity index (χ2v) is 6.23. The summed E-state index contributed by atoms with van der Waals surface area (Å²) >= 11 is 0. The second kappa shape index (κ2) is 5.52. The molecule has 0 spiro atoms. The molecule has 4 heteroatoms. The van der Waals surface area contributed by atoms with Gasteiger partial charge in [0.1, 0.15) is 11.3 Å². The first-order valence-electron chi connectivity index (χ1n) is 7.73. The van der Waals surface area contributed by atoms with Gasteiger partial charge in [0.15, 0.2) is 5.65 Å². The van der Waals surface area contributed by atoms with Gasteiger partial charge in [-0.15, -0.1) is 0 Å². The Bertz CT molecular complexity index is 579. The number of hydrogen-bond donors (Lipinski definition) is 1. The van der Waals surface area contributed by atoms with E-state index < -0.39 is 0 Å². The predicted molar refractivity (Wildman–Crippen MR) is 81.7 cm³/mol. The highest BCUT2D eigenvalue weighted by Gasteiger charge is 2.27. The van der Waals surface area contributed by atoms with Crippen molar-refractivity contribution in [1.82, 2.24) is 14.5 Å². The van der Waals surface area contributed by atoms with E-state index in [9.17, 15) is 0 Å². The van der Waals surface area contributed by atoms with E-state index in [2.05, 4.69) is 29.5 Å². The molecule has 0 aliphatic heterocycles. The molecule has 3 rings (SSSR count). The van der Waals surface area contributed by atoms with Crippen LogP contribution in [0.25, 0.3) is 11.2 Å². The average molecular weight is 272 g/mol. The maximum absolute atomic E-state index is 5.80. The molecule has 1 fully saturated rings. The molecule has 2 heterocycles. The minimum absolute atomic E-state index is 0.400. The molecule has 0 bridgehead atoms. The van der Waals surface area contributed by atoms with Gasteiger partial charge in [0.05, 0.1) is 0 Å². The summed E-state index contributed by atoms with van der Waals surface area (Å²) in [4.78, 5) is 9.41. The van der Waals surface area contributed by atoms with E-state index in [-0.39, 0.29) is 0 Å². The zero-order chi connectivity index (χ0) is 14.1. The lowest BCUT2D eigenvalue weighted by molar-refractivity contribution is 0.318. The average Bonchev–Trinajstić information content (AvgIpc) is 2.86. The number of rotatable bonds is 3. The van der Waals surface area contributed by atoms with Crippen molar-refractivity contribution in [2.45, 2.75) is 51.5 Å². The first-order valence-corrected chi connectivity index (χ1v) is 7.73. The summed E-state index contributed by atoms with van der Waals surface area (Å²) in [5, 5.41) is 0. The number of imidazole rings is 1. The van der Waals surface area contributed by atoms with Crippen LogP contribution in [0.5, 0.6) is 0 Å². The molecule has 108 valence electrons. The molecule has 2 aromatic heterocycles. The van der Waals surface area contributed by atoms with E-state index in [0.717, 1.165) is 17.7 Å². The van der Waals surface area contributed by atoms with Gasteiger partial charge in [-0.25, -0.2) is 9.97 Å². The highest BCUT2D eigenvalue weighted by molar-refractivity contribution is 5.71. The quantitative estimate of drug-likeness (QED) is 0.933. The lowest BCUT2D eigenvalue weighted by atomic mass is 9.81. The van der Waals surface area contributed by atoms with Crippen molar-refractivity contribution in [3.63, 3.8) is 0 Å². The summed E-state index contributed by atoms with van der Waals surface area (Å²) in [7, 11) is 0. The molecule has 20 heavy (non-hydrogen) atoms. The lowest BCUT2D eigenvalue weighted by Crippen LogP contribution is -2.22. The topological polar surface area (TPSA) is 56.7 Å². The largest absolute Gasteiger partial charge is 0.330 e. The Balaban J connectivity index is 1.97. The van der Waals surface area contributed by atoms with Crippen LogP contribution in [0.3, 0.4) is 0 Å². The molecule has 1 saturated carbocycles. The first-order chi connectivity index (χ1) is 9.70. The van der Waals surface area contributed by atoms with Crippen LogP contribution in [0.15, 0.2) is 18.3 Å². The number of hydrogen-bond acceptors (Lipinski definition) is 3. The van der Waals surface area contributed by atoms with E-state index in [1.807, 2.05) is 12.3 Å². The SMILES string of the molecule is CC(C)n1c(C2CCC(CN)CC2)nc2cccnc21. The van der Waals surface area contributed by atoms with E-state index in [1.165, 1.54) is 31.5 Å². The maximum atomic E-state index is 5.80. The molecular formula is C16H24N4. The predicted octanol–water partition coefficient (Wildman–Crippen LogP) is 3.24. The molecule has 2 N–H and O–H groups in total. The van der Waals surface area contributed by atoms with Crippen LogP contribution in [-0.2, 0) is 0 Å². The highest BCUT2D eigenvalue weighted by atomic mass is 15.1. The van der Waals surface area contributed by atoms with E-state index in [0.29, 0.717) is 17.9 Å². The third-order valence-corrected chi connectivity index (χ3v) is 4.54. The molecular weight excluding hydrogens is 248 g/mol. The fraction of sp³-hybridized carbons (Fsp3) is 0.625. The van der Waals surface area contributed by atoms with Crippen molar-refractivity contribution in [2.75, 3.05) is 6.54 Å². The molecule has 1 aliphatic carbocycles. The van der Waals surface area contributed by atoms with E-state index in [4.69, 9.17) is 10.7 Å². The molecule has 0 saturated heterocycles. The van der Waals surface area contributed by atoms with Crippen LogP contribution >= 0.6 is 0 Å². The molecule has 0 amide bonds. The monoisotopic (exact) mass is 272 g/mol. The van der Waals surface area contributed by atoms with Gasteiger partial charge < -0.3 is 10.3 Å². The Morgan fingerprint density at radius 3 is 2.70 bits per heavy atom. The lowest BCUT2D eigenvalue weighted by Gasteiger charge is -2.28. The fourth-order valence-electron chi connectivity index (χ4n) is 3.40. The Labute approximate surface area is 120 Å². The van der Waals surface area contributed by atoms with Crippen LogP contribution < -0.4 is 5.73 Å². The molecule has 0 unspecified atom stereocenters. The van der Waals surface area contributed by atoms with Crippen LogP contribution in [0.4, 0.5) is 0 Å². The van der Waals surface area contributed by atoms with Crippen LogP contribution in [0, 0.1) is 5.92 Å². The normalized spacial score (nSPS) is 23.6. The van der Waals surface area contributed by atoms with Crippen molar-refractivity contribution >= 4 is 11.2 Å². The van der Waals surface area contributed by atoms with E-state index >= 15 is 0 Å². The maximum Gasteiger partial charge on any atom is 0.160 e. The smallest absolute Gasteiger partial charge is 0.160 e. The fourth-order valence-corrected chi connectivity index (χ4v) is 3.40. The minimum atomic E-state index is 0.400. The van der Waals surface area contributed by atoms with Gasteiger partial charge in [0.2, 0.25) is 0 Å². The number of nitrogens with zero attached hydrogens (tertiary/aromatic N) is 3. The van der Waals surface area contributed by atoms with Gasteiger partial charge in [-0.2, -0.15) is 0 Å². The summed E-state index contributed by atoms with van der Waals surface area (Å²) in [5.74, 6) is 2.50. The number of pyridine rings is 1. The van der Waals surface area contributed by atoms with Crippen molar-refractivity contribution < 1.29 is 0 Å².